The van der Waals surface area contributed by atoms with Crippen LogP contribution in [0, 0.1) is 6.92 Å². The zero-order valence-electron chi connectivity index (χ0n) is 12.1. The molecule has 0 atom stereocenters. The molecule has 9 heteroatoms. The second-order valence-corrected chi connectivity index (χ2v) is 6.41. The van der Waals surface area contributed by atoms with Gasteiger partial charge in [-0.05, 0) is 43.3 Å². The predicted molar refractivity (Wildman–Crippen MR) is 83.6 cm³/mol. The minimum absolute atomic E-state index is 0.00681. The highest BCUT2D eigenvalue weighted by Gasteiger charge is 2.11. The van der Waals surface area contributed by atoms with Gasteiger partial charge in [0.25, 0.3) is 0 Å². The van der Waals surface area contributed by atoms with E-state index in [9.17, 15) is 13.5 Å². The normalized spacial score (nSPS) is 12.3. The summed E-state index contributed by atoms with van der Waals surface area (Å²) in [6.45, 7) is 1.75. The molecular formula is C14H13N5O3S. The largest absolute Gasteiger partial charge is 0.504 e. The average Bonchev–Trinajstić information content (AvgIpc) is 2.82. The number of rotatable bonds is 3. The number of nitrogens with two attached hydrogens (primary N) is 1. The van der Waals surface area contributed by atoms with Crippen molar-refractivity contribution in [3.8, 4) is 5.75 Å². The molecule has 23 heavy (non-hydrogen) atoms. The van der Waals surface area contributed by atoms with Gasteiger partial charge in [0.15, 0.2) is 17.2 Å². The number of azo groups is 1. The van der Waals surface area contributed by atoms with Gasteiger partial charge in [-0.3, -0.25) is 4.40 Å². The summed E-state index contributed by atoms with van der Waals surface area (Å²) in [5.74, 6) is 0.529. The molecule has 0 fully saturated rings. The van der Waals surface area contributed by atoms with E-state index in [2.05, 4.69) is 15.2 Å². The van der Waals surface area contributed by atoms with Gasteiger partial charge in [-0.2, -0.15) is 0 Å². The van der Waals surface area contributed by atoms with E-state index in [1.807, 2.05) is 0 Å². The molecule has 0 saturated heterocycles. The number of aromatic hydroxyl groups is 1. The number of nitrogens with zero attached hydrogens (tertiary/aromatic N) is 4. The standard InChI is InChI=1S/C14H13N5O3S/c1-9-13(19-8-2-3-12(20)14(19)16-9)18-17-10-4-6-11(7-5-10)23(15,21)22/h2-8,20H,1H3,(H2,15,21,22). The first-order chi connectivity index (χ1) is 10.9. The molecular weight excluding hydrogens is 318 g/mol. The van der Waals surface area contributed by atoms with Crippen LogP contribution in [-0.2, 0) is 10.0 Å². The highest BCUT2D eigenvalue weighted by molar-refractivity contribution is 7.89. The lowest BCUT2D eigenvalue weighted by Crippen LogP contribution is -2.11. The summed E-state index contributed by atoms with van der Waals surface area (Å²) in [5.41, 5.74) is 1.46. The van der Waals surface area contributed by atoms with Crippen LogP contribution in [0.2, 0.25) is 0 Å². The third kappa shape index (κ3) is 2.91. The highest BCUT2D eigenvalue weighted by atomic mass is 32.2. The number of hydrogen-bond donors (Lipinski definition) is 2. The first-order valence-corrected chi connectivity index (χ1v) is 8.12. The van der Waals surface area contributed by atoms with Gasteiger partial charge < -0.3 is 5.11 Å². The lowest BCUT2D eigenvalue weighted by atomic mass is 10.3. The second kappa shape index (κ2) is 5.45. The van der Waals surface area contributed by atoms with Gasteiger partial charge in [0, 0.05) is 6.20 Å². The first kappa shape index (κ1) is 15.1. The van der Waals surface area contributed by atoms with Crippen molar-refractivity contribution in [1.82, 2.24) is 9.38 Å². The minimum atomic E-state index is -3.73. The molecule has 3 rings (SSSR count). The van der Waals surface area contributed by atoms with Crippen molar-refractivity contribution in [1.29, 1.82) is 0 Å². The van der Waals surface area contributed by atoms with Crippen LogP contribution in [0.5, 0.6) is 5.75 Å². The number of hydrogen-bond acceptors (Lipinski definition) is 6. The lowest BCUT2D eigenvalue weighted by Gasteiger charge is -1.99. The van der Waals surface area contributed by atoms with Gasteiger partial charge in [-0.15, -0.1) is 10.2 Å². The maximum atomic E-state index is 11.2. The second-order valence-electron chi connectivity index (χ2n) is 4.85. The molecule has 0 radical (unpaired) electrons. The maximum Gasteiger partial charge on any atom is 0.238 e. The number of benzene rings is 1. The van der Waals surface area contributed by atoms with E-state index in [1.165, 1.54) is 30.3 Å². The van der Waals surface area contributed by atoms with Crippen LogP contribution in [0.15, 0.2) is 57.7 Å². The third-order valence-electron chi connectivity index (χ3n) is 3.20. The summed E-state index contributed by atoms with van der Waals surface area (Å²) in [6.07, 6.45) is 1.72. The molecule has 3 N–H and O–H groups in total. The zero-order chi connectivity index (χ0) is 16.6. The SMILES string of the molecule is Cc1nc2c(O)cccn2c1N=Nc1ccc(S(N)(=O)=O)cc1. The molecule has 0 aliphatic carbocycles. The van der Waals surface area contributed by atoms with Crippen molar-refractivity contribution in [3.63, 3.8) is 0 Å². The van der Waals surface area contributed by atoms with Crippen LogP contribution >= 0.6 is 0 Å². The van der Waals surface area contributed by atoms with Crippen LogP contribution in [0.3, 0.4) is 0 Å². The summed E-state index contributed by atoms with van der Waals surface area (Å²) in [4.78, 5) is 4.24. The number of imidazole rings is 1. The number of sulfonamides is 1. The lowest BCUT2D eigenvalue weighted by molar-refractivity contribution is 0.477. The molecule has 0 amide bonds. The Kier molecular flexibility index (Phi) is 3.58. The van der Waals surface area contributed by atoms with Crippen LogP contribution in [-0.4, -0.2) is 22.9 Å². The summed E-state index contributed by atoms with van der Waals surface area (Å²) < 4.78 is 24.0. The molecule has 2 heterocycles. The van der Waals surface area contributed by atoms with E-state index >= 15 is 0 Å². The van der Waals surface area contributed by atoms with Gasteiger partial charge in [-0.25, -0.2) is 18.5 Å². The Morgan fingerprint density at radius 3 is 2.52 bits per heavy atom. The Morgan fingerprint density at radius 1 is 1.17 bits per heavy atom. The average molecular weight is 331 g/mol. The van der Waals surface area contributed by atoms with E-state index in [4.69, 9.17) is 5.14 Å². The summed E-state index contributed by atoms with van der Waals surface area (Å²) >= 11 is 0. The van der Waals surface area contributed by atoms with Gasteiger partial charge in [0.05, 0.1) is 16.3 Å². The van der Waals surface area contributed by atoms with Gasteiger partial charge >= 0.3 is 0 Å². The maximum absolute atomic E-state index is 11.2. The number of aryl methyl sites for hydroxylation is 1. The fraction of sp³-hybridized carbons (Fsp3) is 0.0714. The fourth-order valence-corrected chi connectivity index (χ4v) is 2.60. The topological polar surface area (TPSA) is 122 Å². The molecule has 0 spiro atoms. The highest BCUT2D eigenvalue weighted by Crippen LogP contribution is 2.27. The van der Waals surface area contributed by atoms with Crippen LogP contribution in [0.4, 0.5) is 11.5 Å². The van der Waals surface area contributed by atoms with Crippen LogP contribution in [0.1, 0.15) is 5.69 Å². The van der Waals surface area contributed by atoms with Crippen molar-refractivity contribution >= 4 is 27.2 Å². The molecule has 0 aliphatic rings. The molecule has 8 nitrogen and oxygen atoms in total. The monoisotopic (exact) mass is 331 g/mol. The Labute approximate surface area is 132 Å². The minimum Gasteiger partial charge on any atom is -0.504 e. The number of pyridine rings is 1. The molecule has 0 saturated carbocycles. The van der Waals surface area contributed by atoms with E-state index in [0.717, 1.165) is 0 Å². The quantitative estimate of drug-likeness (QED) is 0.715. The van der Waals surface area contributed by atoms with Gasteiger partial charge in [-0.1, -0.05) is 0 Å². The Hall–Kier alpha value is -2.78. The van der Waals surface area contributed by atoms with Gasteiger partial charge in [0.2, 0.25) is 10.0 Å². The number of fused-ring (bicyclic) bond motifs is 1. The molecule has 0 bridgehead atoms. The van der Waals surface area contributed by atoms with E-state index in [1.54, 1.807) is 23.6 Å². The molecule has 3 aromatic rings. The van der Waals surface area contributed by atoms with Crippen molar-refractivity contribution < 1.29 is 13.5 Å². The number of primary sulfonamides is 1. The molecule has 1 aromatic carbocycles. The molecule has 0 unspecified atom stereocenters. The van der Waals surface area contributed by atoms with E-state index < -0.39 is 10.0 Å². The van der Waals surface area contributed by atoms with Crippen molar-refractivity contribution in [3.05, 3.63) is 48.3 Å². The summed E-state index contributed by atoms with van der Waals surface area (Å²) in [6, 6.07) is 8.92. The van der Waals surface area contributed by atoms with Crippen LogP contribution in [0.25, 0.3) is 5.65 Å². The van der Waals surface area contributed by atoms with Gasteiger partial charge in [0.1, 0.15) is 0 Å². The van der Waals surface area contributed by atoms with E-state index in [-0.39, 0.29) is 10.6 Å². The Morgan fingerprint density at radius 2 is 1.87 bits per heavy atom. The molecule has 0 aliphatic heterocycles. The van der Waals surface area contributed by atoms with Crippen molar-refractivity contribution in [2.45, 2.75) is 11.8 Å². The number of aromatic nitrogens is 2. The van der Waals surface area contributed by atoms with Crippen molar-refractivity contribution in [2.75, 3.05) is 0 Å². The predicted octanol–water partition coefficient (Wildman–Crippen LogP) is 2.41. The Balaban J connectivity index is 1.97. The summed E-state index contributed by atoms with van der Waals surface area (Å²) in [5, 5.41) is 23.0. The summed E-state index contributed by atoms with van der Waals surface area (Å²) in [7, 11) is -3.73. The van der Waals surface area contributed by atoms with E-state index in [0.29, 0.717) is 22.8 Å². The molecule has 2 aromatic heterocycles. The van der Waals surface area contributed by atoms with Crippen molar-refractivity contribution in [2.24, 2.45) is 15.4 Å². The smallest absolute Gasteiger partial charge is 0.238 e. The third-order valence-corrected chi connectivity index (χ3v) is 4.13. The fourth-order valence-electron chi connectivity index (χ4n) is 2.08. The zero-order valence-corrected chi connectivity index (χ0v) is 12.9. The first-order valence-electron chi connectivity index (χ1n) is 6.57. The molecule has 118 valence electrons. The van der Waals surface area contributed by atoms with Crippen LogP contribution < -0.4 is 5.14 Å². The Bertz CT molecular complexity index is 1010.